The Morgan fingerprint density at radius 1 is 1.13 bits per heavy atom. The number of fused-ring (bicyclic) bond motifs is 1. The van der Waals surface area contributed by atoms with Crippen LogP contribution in [0.25, 0.3) is 16.6 Å². The summed E-state index contributed by atoms with van der Waals surface area (Å²) in [4.78, 5) is 17.4. The third-order valence-electron chi connectivity index (χ3n) is 4.47. The van der Waals surface area contributed by atoms with Gasteiger partial charge in [0.05, 0.1) is 17.7 Å². The number of rotatable bonds is 6. The first-order chi connectivity index (χ1) is 14.5. The van der Waals surface area contributed by atoms with Gasteiger partial charge in [-0.1, -0.05) is 6.07 Å². The van der Waals surface area contributed by atoms with E-state index in [2.05, 4.69) is 14.8 Å². The number of aromatic nitrogens is 3. The molecule has 0 aliphatic carbocycles. The van der Waals surface area contributed by atoms with E-state index in [4.69, 9.17) is 5.73 Å². The molecule has 4 aromatic rings. The van der Waals surface area contributed by atoms with E-state index in [9.17, 15) is 13.6 Å². The minimum Gasteiger partial charge on any atom is -0.435 e. The Hall–Kier alpha value is -4.01. The highest BCUT2D eigenvalue weighted by Gasteiger charge is 2.15. The molecular weight excluding hydrogens is 392 g/mol. The van der Waals surface area contributed by atoms with Crippen LogP contribution in [-0.2, 0) is 6.54 Å². The van der Waals surface area contributed by atoms with Crippen molar-refractivity contribution in [2.45, 2.75) is 13.2 Å². The lowest BCUT2D eigenvalue weighted by Gasteiger charge is -2.20. The van der Waals surface area contributed by atoms with E-state index in [-0.39, 0.29) is 12.3 Å². The van der Waals surface area contributed by atoms with Crippen LogP contribution in [0.5, 0.6) is 5.75 Å². The summed E-state index contributed by atoms with van der Waals surface area (Å²) in [7, 11) is 0. The quantitative estimate of drug-likeness (QED) is 0.519. The van der Waals surface area contributed by atoms with Crippen LogP contribution in [0.15, 0.2) is 73.2 Å². The number of urea groups is 1. The zero-order chi connectivity index (χ0) is 21.1. The van der Waals surface area contributed by atoms with E-state index in [0.29, 0.717) is 16.9 Å². The second-order valence-electron chi connectivity index (χ2n) is 6.47. The van der Waals surface area contributed by atoms with E-state index in [1.165, 1.54) is 17.0 Å². The number of pyridine rings is 1. The topological polar surface area (TPSA) is 86.3 Å². The molecular formula is C21H17F2N5O2. The fourth-order valence-electron chi connectivity index (χ4n) is 3.07. The van der Waals surface area contributed by atoms with Crippen LogP contribution >= 0.6 is 0 Å². The summed E-state index contributed by atoms with van der Waals surface area (Å²) in [6.45, 7) is -2.61. The number of nitrogens with zero attached hydrogens (tertiary/aromatic N) is 4. The second kappa shape index (κ2) is 8.16. The Morgan fingerprint density at radius 3 is 2.67 bits per heavy atom. The molecule has 0 radical (unpaired) electrons. The number of halogens is 2. The summed E-state index contributed by atoms with van der Waals surface area (Å²) in [5.74, 6) is 0.0417. The molecule has 2 amide bonds. The van der Waals surface area contributed by atoms with Gasteiger partial charge in [-0.3, -0.25) is 9.88 Å². The zero-order valence-corrected chi connectivity index (χ0v) is 15.7. The number of amides is 2. The molecule has 0 aliphatic rings. The van der Waals surface area contributed by atoms with Crippen molar-refractivity contribution in [2.24, 2.45) is 5.73 Å². The van der Waals surface area contributed by atoms with Crippen molar-refractivity contribution >= 4 is 22.6 Å². The van der Waals surface area contributed by atoms with E-state index in [1.54, 1.807) is 59.7 Å². The minimum atomic E-state index is -2.90. The van der Waals surface area contributed by atoms with Gasteiger partial charge in [0.1, 0.15) is 5.75 Å². The van der Waals surface area contributed by atoms with Gasteiger partial charge in [0, 0.05) is 35.7 Å². The van der Waals surface area contributed by atoms with Crippen LogP contribution in [0.4, 0.5) is 19.3 Å². The Labute approximate surface area is 170 Å². The lowest BCUT2D eigenvalue weighted by Crippen LogP contribution is -2.35. The van der Waals surface area contributed by atoms with E-state index in [0.717, 1.165) is 10.9 Å². The Kier molecular flexibility index (Phi) is 5.25. The third kappa shape index (κ3) is 4.19. The molecule has 0 spiro atoms. The number of nitrogens with two attached hydrogens (primary N) is 1. The first-order valence-electron chi connectivity index (χ1n) is 9.00. The third-order valence-corrected chi connectivity index (χ3v) is 4.47. The first-order valence-corrected chi connectivity index (χ1v) is 9.00. The number of ether oxygens (including phenoxy) is 1. The highest BCUT2D eigenvalue weighted by Crippen LogP contribution is 2.25. The summed E-state index contributed by atoms with van der Waals surface area (Å²) in [5, 5.41) is 5.31. The van der Waals surface area contributed by atoms with E-state index in [1.807, 2.05) is 6.07 Å². The number of primary amides is 1. The molecule has 0 saturated heterocycles. The monoisotopic (exact) mass is 409 g/mol. The maximum absolute atomic E-state index is 12.5. The van der Waals surface area contributed by atoms with Crippen LogP contribution in [0.2, 0.25) is 0 Å². The number of hydrogen-bond donors (Lipinski definition) is 1. The molecule has 9 heteroatoms. The normalized spacial score (nSPS) is 11.0. The van der Waals surface area contributed by atoms with Gasteiger partial charge in [0.25, 0.3) is 0 Å². The van der Waals surface area contributed by atoms with Gasteiger partial charge in [-0.15, -0.1) is 0 Å². The second-order valence-corrected chi connectivity index (χ2v) is 6.47. The zero-order valence-electron chi connectivity index (χ0n) is 15.7. The summed E-state index contributed by atoms with van der Waals surface area (Å²) in [6.07, 6.45) is 5.05. The molecule has 2 aromatic carbocycles. The SMILES string of the molecule is NC(=O)N(Cc1ccncc1)c1ccc2cn(-c3cccc(OC(F)F)c3)nc2c1. The van der Waals surface area contributed by atoms with Gasteiger partial charge in [-0.25, -0.2) is 9.48 Å². The largest absolute Gasteiger partial charge is 0.435 e. The van der Waals surface area contributed by atoms with Crippen molar-refractivity contribution in [1.82, 2.24) is 14.8 Å². The number of carbonyl (C=O) groups excluding carboxylic acids is 1. The van der Waals surface area contributed by atoms with E-state index < -0.39 is 12.6 Å². The predicted octanol–water partition coefficient (Wildman–Crippen LogP) is 4.11. The number of anilines is 1. The average Bonchev–Trinajstić information content (AvgIpc) is 3.16. The summed E-state index contributed by atoms with van der Waals surface area (Å²) in [6, 6.07) is 14.6. The van der Waals surface area contributed by atoms with E-state index >= 15 is 0 Å². The molecule has 4 rings (SSSR count). The maximum Gasteiger partial charge on any atom is 0.387 e. The van der Waals surface area contributed by atoms with Crippen LogP contribution in [0.3, 0.4) is 0 Å². The molecule has 0 atom stereocenters. The molecule has 2 heterocycles. The van der Waals surface area contributed by atoms with Crippen molar-refractivity contribution in [1.29, 1.82) is 0 Å². The number of carbonyl (C=O) groups is 1. The molecule has 0 aliphatic heterocycles. The highest BCUT2D eigenvalue weighted by molar-refractivity contribution is 5.93. The molecule has 30 heavy (non-hydrogen) atoms. The lowest BCUT2D eigenvalue weighted by molar-refractivity contribution is -0.0498. The fraction of sp³-hybridized carbons (Fsp3) is 0.0952. The fourth-order valence-corrected chi connectivity index (χ4v) is 3.07. The number of alkyl halides is 2. The van der Waals surface area contributed by atoms with Gasteiger partial charge >= 0.3 is 12.6 Å². The van der Waals surface area contributed by atoms with Crippen LogP contribution < -0.4 is 15.4 Å². The summed E-state index contributed by atoms with van der Waals surface area (Å²) < 4.78 is 31.0. The summed E-state index contributed by atoms with van der Waals surface area (Å²) in [5.41, 5.74) is 8.24. The Bertz CT molecular complexity index is 1180. The molecule has 0 unspecified atom stereocenters. The van der Waals surface area contributed by atoms with Crippen molar-refractivity contribution in [3.63, 3.8) is 0 Å². The highest BCUT2D eigenvalue weighted by atomic mass is 19.3. The predicted molar refractivity (Wildman–Crippen MR) is 108 cm³/mol. The lowest BCUT2D eigenvalue weighted by atomic mass is 10.2. The first kappa shape index (κ1) is 19.3. The Morgan fingerprint density at radius 2 is 1.93 bits per heavy atom. The van der Waals surface area contributed by atoms with Gasteiger partial charge < -0.3 is 10.5 Å². The number of hydrogen-bond acceptors (Lipinski definition) is 4. The number of benzene rings is 2. The smallest absolute Gasteiger partial charge is 0.387 e. The van der Waals surface area contributed by atoms with Crippen molar-refractivity contribution in [3.05, 3.63) is 78.8 Å². The van der Waals surface area contributed by atoms with Crippen molar-refractivity contribution in [3.8, 4) is 11.4 Å². The molecule has 2 N–H and O–H groups in total. The molecule has 152 valence electrons. The molecule has 0 saturated carbocycles. The van der Waals surface area contributed by atoms with Gasteiger partial charge in [0.15, 0.2) is 0 Å². The van der Waals surface area contributed by atoms with Crippen LogP contribution in [0, 0.1) is 0 Å². The van der Waals surface area contributed by atoms with Gasteiger partial charge in [-0.05, 0) is 48.0 Å². The molecule has 7 nitrogen and oxygen atoms in total. The minimum absolute atomic E-state index is 0.0417. The van der Waals surface area contributed by atoms with Crippen molar-refractivity contribution in [2.75, 3.05) is 4.90 Å². The van der Waals surface area contributed by atoms with Crippen LogP contribution in [-0.4, -0.2) is 27.4 Å². The van der Waals surface area contributed by atoms with Gasteiger partial charge in [-0.2, -0.15) is 13.9 Å². The molecule has 0 fully saturated rings. The summed E-state index contributed by atoms with van der Waals surface area (Å²) >= 11 is 0. The standard InChI is InChI=1S/C21H17F2N5O2/c22-20(23)30-18-3-1-2-17(10-18)28-13-15-4-5-16(11-19(15)26-28)27(21(24)29)12-14-6-8-25-9-7-14/h1-11,13,20H,12H2,(H2,24,29). The Balaban J connectivity index is 1.66. The molecule has 2 aromatic heterocycles. The van der Waals surface area contributed by atoms with Gasteiger partial charge in [0.2, 0.25) is 0 Å². The molecule has 0 bridgehead atoms. The maximum atomic E-state index is 12.5. The van der Waals surface area contributed by atoms with Crippen LogP contribution in [0.1, 0.15) is 5.56 Å². The van der Waals surface area contributed by atoms with Crippen molar-refractivity contribution < 1.29 is 18.3 Å². The average molecular weight is 409 g/mol.